The lowest BCUT2D eigenvalue weighted by Gasteiger charge is -2.23. The molecule has 1 heterocycles. The van der Waals surface area contributed by atoms with Gasteiger partial charge >= 0.3 is 0 Å². The van der Waals surface area contributed by atoms with Crippen LogP contribution in [0.1, 0.15) is 12.7 Å². The summed E-state index contributed by atoms with van der Waals surface area (Å²) in [5, 5.41) is 13.5. The van der Waals surface area contributed by atoms with Crippen LogP contribution in [0.5, 0.6) is 0 Å². The number of nitrogens with zero attached hydrogens (tertiary/aromatic N) is 4. The van der Waals surface area contributed by atoms with Crippen molar-refractivity contribution in [2.45, 2.75) is 19.5 Å². The topological polar surface area (TPSA) is 93.3 Å². The Morgan fingerprint density at radius 3 is 2.87 bits per heavy atom. The Hall–Kier alpha value is -2.74. The number of anilines is 1. The lowest BCUT2D eigenvalue weighted by molar-refractivity contribution is -0.384. The van der Waals surface area contributed by atoms with Crippen molar-refractivity contribution in [3.8, 4) is 0 Å². The number of imidazole rings is 1. The summed E-state index contributed by atoms with van der Waals surface area (Å²) < 4.78 is 1.89. The first-order valence-electron chi connectivity index (χ1n) is 7.10. The zero-order valence-corrected chi connectivity index (χ0v) is 13.3. The maximum absolute atomic E-state index is 12.3. The van der Waals surface area contributed by atoms with Gasteiger partial charge in [0.05, 0.1) is 17.5 Å². The Labute approximate surface area is 133 Å². The summed E-state index contributed by atoms with van der Waals surface area (Å²) in [5.41, 5.74) is 0.346. The Morgan fingerprint density at radius 1 is 1.52 bits per heavy atom. The number of benzene rings is 1. The fourth-order valence-electron chi connectivity index (χ4n) is 2.05. The third-order valence-electron chi connectivity index (χ3n) is 3.68. The van der Waals surface area contributed by atoms with Gasteiger partial charge in [0.1, 0.15) is 5.82 Å². The van der Waals surface area contributed by atoms with E-state index in [1.54, 1.807) is 19.2 Å². The average molecular weight is 317 g/mol. The predicted octanol–water partition coefficient (Wildman–Crippen LogP) is 1.79. The molecule has 1 aromatic heterocycles. The third kappa shape index (κ3) is 4.13. The van der Waals surface area contributed by atoms with Gasteiger partial charge in [0.15, 0.2) is 0 Å². The van der Waals surface area contributed by atoms with Gasteiger partial charge in [-0.15, -0.1) is 0 Å². The first-order valence-corrected chi connectivity index (χ1v) is 7.10. The number of likely N-dealkylation sites (N-methyl/N-ethyl adjacent to an activating group) is 1. The maximum atomic E-state index is 12.3. The fraction of sp³-hybridized carbons (Fsp3) is 0.333. The Balaban J connectivity index is 2.00. The summed E-state index contributed by atoms with van der Waals surface area (Å²) in [6.45, 7) is 2.29. The SMILES string of the molecule is C[C@@H](C(=O)Nc1cccc([N+](=O)[O-])c1)N(C)Cc1nccn1C. The number of carbonyl (C=O) groups excluding carboxylic acids is 1. The molecule has 23 heavy (non-hydrogen) atoms. The van der Waals surface area contributed by atoms with Crippen LogP contribution in [0.25, 0.3) is 0 Å². The smallest absolute Gasteiger partial charge is 0.271 e. The molecule has 0 saturated carbocycles. The van der Waals surface area contributed by atoms with Crippen LogP contribution in [-0.4, -0.2) is 38.4 Å². The van der Waals surface area contributed by atoms with E-state index in [0.717, 1.165) is 5.82 Å². The van der Waals surface area contributed by atoms with Gasteiger partial charge in [-0.05, 0) is 20.0 Å². The summed E-state index contributed by atoms with van der Waals surface area (Å²) in [6, 6.07) is 5.47. The number of nitro benzene ring substituents is 1. The molecule has 1 amide bonds. The second kappa shape index (κ2) is 7.01. The summed E-state index contributed by atoms with van der Waals surface area (Å²) in [7, 11) is 3.72. The Morgan fingerprint density at radius 2 is 2.26 bits per heavy atom. The minimum absolute atomic E-state index is 0.0585. The number of aryl methyl sites for hydroxylation is 1. The molecular formula is C15H19N5O3. The summed E-state index contributed by atoms with van der Waals surface area (Å²) >= 11 is 0. The standard InChI is InChI=1S/C15H19N5O3/c1-11(19(3)10-14-16-7-8-18(14)2)15(21)17-12-5-4-6-13(9-12)20(22)23/h4-9,11H,10H2,1-3H3,(H,17,21)/t11-/m0/s1. The highest BCUT2D eigenvalue weighted by Gasteiger charge is 2.20. The number of nitrogens with one attached hydrogen (secondary N) is 1. The molecule has 122 valence electrons. The van der Waals surface area contributed by atoms with Crippen molar-refractivity contribution in [2.75, 3.05) is 12.4 Å². The molecule has 0 bridgehead atoms. The number of hydrogen-bond acceptors (Lipinski definition) is 5. The number of amides is 1. The van der Waals surface area contributed by atoms with Crippen molar-refractivity contribution in [1.29, 1.82) is 0 Å². The first kappa shape index (κ1) is 16.6. The lowest BCUT2D eigenvalue weighted by atomic mass is 10.2. The minimum Gasteiger partial charge on any atom is -0.337 e. The molecule has 0 fully saturated rings. The van der Waals surface area contributed by atoms with Crippen LogP contribution in [0.2, 0.25) is 0 Å². The summed E-state index contributed by atoms with van der Waals surface area (Å²) in [4.78, 5) is 28.7. The highest BCUT2D eigenvalue weighted by molar-refractivity contribution is 5.94. The normalized spacial score (nSPS) is 12.2. The van der Waals surface area contributed by atoms with E-state index in [-0.39, 0.29) is 11.6 Å². The molecular weight excluding hydrogens is 298 g/mol. The average Bonchev–Trinajstić information content (AvgIpc) is 2.91. The molecule has 0 aliphatic rings. The molecule has 8 heteroatoms. The van der Waals surface area contributed by atoms with E-state index >= 15 is 0 Å². The second-order valence-electron chi connectivity index (χ2n) is 5.34. The van der Waals surface area contributed by atoms with Crippen LogP contribution in [0.4, 0.5) is 11.4 Å². The number of rotatable bonds is 6. The van der Waals surface area contributed by atoms with E-state index in [4.69, 9.17) is 0 Å². The van der Waals surface area contributed by atoms with Gasteiger partial charge in [0, 0.05) is 37.3 Å². The van der Waals surface area contributed by atoms with Gasteiger partial charge in [-0.2, -0.15) is 0 Å². The van der Waals surface area contributed by atoms with E-state index < -0.39 is 11.0 Å². The van der Waals surface area contributed by atoms with Crippen LogP contribution in [0.3, 0.4) is 0 Å². The molecule has 2 rings (SSSR count). The molecule has 0 aliphatic heterocycles. The number of carbonyl (C=O) groups is 1. The lowest BCUT2D eigenvalue weighted by Crippen LogP contribution is -2.39. The van der Waals surface area contributed by atoms with Gasteiger partial charge in [-0.3, -0.25) is 19.8 Å². The molecule has 0 radical (unpaired) electrons. The molecule has 1 aromatic carbocycles. The Bertz CT molecular complexity index is 713. The third-order valence-corrected chi connectivity index (χ3v) is 3.68. The number of non-ortho nitro benzene ring substituents is 1. The number of nitro groups is 1. The largest absolute Gasteiger partial charge is 0.337 e. The first-order chi connectivity index (χ1) is 10.9. The van der Waals surface area contributed by atoms with Crippen molar-refractivity contribution in [2.24, 2.45) is 7.05 Å². The Kier molecular flexibility index (Phi) is 5.07. The van der Waals surface area contributed by atoms with E-state index in [9.17, 15) is 14.9 Å². The number of aromatic nitrogens is 2. The van der Waals surface area contributed by atoms with Gasteiger partial charge in [0.2, 0.25) is 5.91 Å². The summed E-state index contributed by atoms with van der Waals surface area (Å²) in [6.07, 6.45) is 3.55. The van der Waals surface area contributed by atoms with E-state index in [0.29, 0.717) is 12.2 Å². The molecule has 1 atom stereocenters. The van der Waals surface area contributed by atoms with Gasteiger partial charge < -0.3 is 9.88 Å². The van der Waals surface area contributed by atoms with Crippen LogP contribution in [0, 0.1) is 10.1 Å². The van der Waals surface area contributed by atoms with Crippen molar-refractivity contribution < 1.29 is 9.72 Å². The highest BCUT2D eigenvalue weighted by Crippen LogP contribution is 2.17. The van der Waals surface area contributed by atoms with Crippen molar-refractivity contribution in [3.05, 3.63) is 52.6 Å². The molecule has 0 spiro atoms. The predicted molar refractivity (Wildman–Crippen MR) is 85.9 cm³/mol. The molecule has 0 saturated heterocycles. The fourth-order valence-corrected chi connectivity index (χ4v) is 2.05. The quantitative estimate of drug-likeness (QED) is 0.647. The zero-order chi connectivity index (χ0) is 17.0. The molecule has 0 aliphatic carbocycles. The van der Waals surface area contributed by atoms with E-state index in [1.165, 1.54) is 18.2 Å². The summed E-state index contributed by atoms with van der Waals surface area (Å²) in [5.74, 6) is 0.615. The molecule has 0 unspecified atom stereocenters. The van der Waals surface area contributed by atoms with Crippen LogP contribution in [0.15, 0.2) is 36.7 Å². The van der Waals surface area contributed by atoms with Crippen molar-refractivity contribution in [1.82, 2.24) is 14.5 Å². The van der Waals surface area contributed by atoms with Gasteiger partial charge in [-0.25, -0.2) is 4.98 Å². The number of hydrogen-bond donors (Lipinski definition) is 1. The highest BCUT2D eigenvalue weighted by atomic mass is 16.6. The van der Waals surface area contributed by atoms with Crippen molar-refractivity contribution >= 4 is 17.3 Å². The van der Waals surface area contributed by atoms with E-state index in [1.807, 2.05) is 29.8 Å². The van der Waals surface area contributed by atoms with Crippen LogP contribution >= 0.6 is 0 Å². The van der Waals surface area contributed by atoms with Crippen LogP contribution < -0.4 is 5.32 Å². The maximum Gasteiger partial charge on any atom is 0.271 e. The van der Waals surface area contributed by atoms with Crippen molar-refractivity contribution in [3.63, 3.8) is 0 Å². The molecule has 1 N–H and O–H groups in total. The van der Waals surface area contributed by atoms with Gasteiger partial charge in [-0.1, -0.05) is 6.07 Å². The minimum atomic E-state index is -0.494. The monoisotopic (exact) mass is 317 g/mol. The second-order valence-corrected chi connectivity index (χ2v) is 5.34. The van der Waals surface area contributed by atoms with Crippen LogP contribution in [-0.2, 0) is 18.4 Å². The van der Waals surface area contributed by atoms with Gasteiger partial charge in [0.25, 0.3) is 5.69 Å². The zero-order valence-electron chi connectivity index (χ0n) is 13.3. The molecule has 2 aromatic rings. The molecule has 8 nitrogen and oxygen atoms in total. The van der Waals surface area contributed by atoms with E-state index in [2.05, 4.69) is 10.3 Å².